The molecule has 0 aliphatic carbocycles. The van der Waals surface area contributed by atoms with Crippen LogP contribution in [0.1, 0.15) is 5.56 Å². The molecule has 3 aromatic carbocycles. The van der Waals surface area contributed by atoms with Gasteiger partial charge in [-0.15, -0.1) is 0 Å². The quantitative estimate of drug-likeness (QED) is 0.474. The lowest BCUT2D eigenvalue weighted by atomic mass is 10.0. The first-order valence-corrected chi connectivity index (χ1v) is 8.90. The number of hydrogen-bond donors (Lipinski definition) is 1. The van der Waals surface area contributed by atoms with Gasteiger partial charge in [-0.05, 0) is 22.8 Å². The van der Waals surface area contributed by atoms with Crippen LogP contribution in [0.2, 0.25) is 0 Å². The minimum atomic E-state index is 0.865. The Kier molecular flexibility index (Phi) is 4.57. The van der Waals surface area contributed by atoms with Gasteiger partial charge < -0.3 is 9.88 Å². The molecule has 4 aromatic rings. The molecule has 0 aliphatic rings. The molecule has 0 aliphatic heterocycles. The number of hydrogen-bond acceptors (Lipinski definition) is 1. The molecule has 0 fully saturated rings. The molecule has 26 heavy (non-hydrogen) atoms. The van der Waals surface area contributed by atoms with Crippen molar-refractivity contribution >= 4 is 5.82 Å². The molecular formula is C24H22N2. The normalized spacial score (nSPS) is 10.7. The van der Waals surface area contributed by atoms with Crippen LogP contribution in [0.15, 0.2) is 97.1 Å². The third kappa shape index (κ3) is 3.40. The Morgan fingerprint density at radius 3 is 1.85 bits per heavy atom. The molecule has 2 nitrogen and oxygen atoms in total. The largest absolute Gasteiger partial charge is 0.357 e. The SMILES string of the molecule is CN(Cc1ccccc1)c1cc(-c2ccccc2)c(-c2ccccc2)[nH]1. The van der Waals surface area contributed by atoms with Crippen molar-refractivity contribution in [2.45, 2.75) is 6.54 Å². The number of rotatable bonds is 5. The summed E-state index contributed by atoms with van der Waals surface area (Å²) in [5.41, 5.74) is 6.11. The van der Waals surface area contributed by atoms with Crippen LogP contribution < -0.4 is 4.90 Å². The Bertz CT molecular complexity index is 900. The Morgan fingerprint density at radius 2 is 1.23 bits per heavy atom. The van der Waals surface area contributed by atoms with Crippen molar-refractivity contribution in [3.63, 3.8) is 0 Å². The second-order valence-electron chi connectivity index (χ2n) is 6.52. The van der Waals surface area contributed by atoms with E-state index in [2.05, 4.69) is 114 Å². The van der Waals surface area contributed by atoms with Crippen molar-refractivity contribution in [3.8, 4) is 22.4 Å². The average molecular weight is 338 g/mol. The van der Waals surface area contributed by atoms with Crippen LogP contribution in [-0.4, -0.2) is 12.0 Å². The van der Waals surface area contributed by atoms with Crippen LogP contribution in [0.25, 0.3) is 22.4 Å². The summed E-state index contributed by atoms with van der Waals surface area (Å²) in [5.74, 6) is 1.12. The van der Waals surface area contributed by atoms with Gasteiger partial charge >= 0.3 is 0 Å². The van der Waals surface area contributed by atoms with E-state index in [0.29, 0.717) is 0 Å². The molecule has 128 valence electrons. The van der Waals surface area contributed by atoms with Crippen molar-refractivity contribution < 1.29 is 0 Å². The van der Waals surface area contributed by atoms with E-state index in [0.717, 1.165) is 18.1 Å². The second-order valence-corrected chi connectivity index (χ2v) is 6.52. The van der Waals surface area contributed by atoms with Gasteiger partial charge in [0.1, 0.15) is 5.82 Å². The zero-order valence-electron chi connectivity index (χ0n) is 14.9. The lowest BCUT2D eigenvalue weighted by Crippen LogP contribution is -2.16. The number of aromatic nitrogens is 1. The maximum Gasteiger partial charge on any atom is 0.106 e. The molecule has 0 unspecified atom stereocenters. The summed E-state index contributed by atoms with van der Waals surface area (Å²) in [6.45, 7) is 0.865. The highest BCUT2D eigenvalue weighted by Crippen LogP contribution is 2.35. The van der Waals surface area contributed by atoms with Crippen molar-refractivity contribution in [3.05, 3.63) is 103 Å². The molecule has 1 heterocycles. The van der Waals surface area contributed by atoms with Gasteiger partial charge in [0.05, 0.1) is 5.69 Å². The minimum Gasteiger partial charge on any atom is -0.357 e. The van der Waals surface area contributed by atoms with E-state index in [1.54, 1.807) is 0 Å². The Labute approximate surface area is 154 Å². The third-order valence-corrected chi connectivity index (χ3v) is 4.62. The van der Waals surface area contributed by atoms with Gasteiger partial charge in [0.25, 0.3) is 0 Å². The molecule has 4 rings (SSSR count). The maximum absolute atomic E-state index is 3.64. The first-order chi connectivity index (χ1) is 12.8. The zero-order chi connectivity index (χ0) is 17.8. The first-order valence-electron chi connectivity index (χ1n) is 8.90. The Morgan fingerprint density at radius 1 is 0.692 bits per heavy atom. The van der Waals surface area contributed by atoms with Crippen LogP contribution in [0.3, 0.4) is 0 Å². The molecule has 0 saturated heterocycles. The summed E-state index contributed by atoms with van der Waals surface area (Å²) in [7, 11) is 2.13. The molecule has 0 atom stereocenters. The molecule has 0 bridgehead atoms. The number of H-pyrrole nitrogens is 1. The summed E-state index contributed by atoms with van der Waals surface area (Å²) in [4.78, 5) is 5.90. The molecular weight excluding hydrogens is 316 g/mol. The Hall–Kier alpha value is -3.26. The lowest BCUT2D eigenvalue weighted by Gasteiger charge is -2.17. The zero-order valence-corrected chi connectivity index (χ0v) is 14.9. The number of aromatic amines is 1. The summed E-state index contributed by atoms with van der Waals surface area (Å²) in [6, 6.07) is 33.9. The summed E-state index contributed by atoms with van der Waals surface area (Å²) < 4.78 is 0. The molecule has 1 N–H and O–H groups in total. The summed E-state index contributed by atoms with van der Waals surface area (Å²) in [6.07, 6.45) is 0. The number of nitrogens with zero attached hydrogens (tertiary/aromatic N) is 1. The summed E-state index contributed by atoms with van der Waals surface area (Å²) >= 11 is 0. The van der Waals surface area contributed by atoms with Crippen LogP contribution in [0.4, 0.5) is 5.82 Å². The lowest BCUT2D eigenvalue weighted by molar-refractivity contribution is 0.905. The van der Waals surface area contributed by atoms with Crippen LogP contribution in [-0.2, 0) is 6.54 Å². The van der Waals surface area contributed by atoms with Gasteiger partial charge in [0, 0.05) is 19.2 Å². The summed E-state index contributed by atoms with van der Waals surface area (Å²) in [5, 5.41) is 0. The second kappa shape index (κ2) is 7.32. The van der Waals surface area contributed by atoms with E-state index in [-0.39, 0.29) is 0 Å². The van der Waals surface area contributed by atoms with E-state index in [1.807, 2.05) is 0 Å². The number of nitrogens with one attached hydrogen (secondary N) is 1. The third-order valence-electron chi connectivity index (χ3n) is 4.62. The van der Waals surface area contributed by atoms with Crippen molar-refractivity contribution in [2.75, 3.05) is 11.9 Å². The van der Waals surface area contributed by atoms with Crippen LogP contribution in [0, 0.1) is 0 Å². The number of anilines is 1. The fourth-order valence-electron chi connectivity index (χ4n) is 3.27. The Balaban J connectivity index is 1.74. The van der Waals surface area contributed by atoms with Gasteiger partial charge in [0.2, 0.25) is 0 Å². The van der Waals surface area contributed by atoms with Crippen LogP contribution in [0.5, 0.6) is 0 Å². The maximum atomic E-state index is 3.64. The van der Waals surface area contributed by atoms with E-state index < -0.39 is 0 Å². The van der Waals surface area contributed by atoms with Crippen molar-refractivity contribution in [1.29, 1.82) is 0 Å². The minimum absolute atomic E-state index is 0.865. The monoisotopic (exact) mass is 338 g/mol. The highest BCUT2D eigenvalue weighted by Gasteiger charge is 2.14. The molecule has 0 saturated carbocycles. The molecule has 0 amide bonds. The van der Waals surface area contributed by atoms with Crippen molar-refractivity contribution in [2.24, 2.45) is 0 Å². The van der Waals surface area contributed by atoms with Gasteiger partial charge in [-0.25, -0.2) is 0 Å². The average Bonchev–Trinajstić information content (AvgIpc) is 3.16. The van der Waals surface area contributed by atoms with Gasteiger partial charge in [-0.2, -0.15) is 0 Å². The standard InChI is InChI=1S/C24H22N2/c1-26(18-19-11-5-2-6-12-19)23-17-22(20-13-7-3-8-14-20)24(25-23)21-15-9-4-10-16-21/h2-17,25H,18H2,1H3. The molecule has 0 radical (unpaired) electrons. The van der Waals surface area contributed by atoms with E-state index in [4.69, 9.17) is 0 Å². The predicted octanol–water partition coefficient (Wildman–Crippen LogP) is 5.99. The number of benzene rings is 3. The van der Waals surface area contributed by atoms with Crippen molar-refractivity contribution in [1.82, 2.24) is 4.98 Å². The first kappa shape index (κ1) is 16.2. The molecule has 1 aromatic heterocycles. The van der Waals surface area contributed by atoms with Gasteiger partial charge in [-0.1, -0.05) is 91.0 Å². The highest BCUT2D eigenvalue weighted by molar-refractivity contribution is 5.84. The van der Waals surface area contributed by atoms with E-state index in [1.165, 1.54) is 22.3 Å². The van der Waals surface area contributed by atoms with Gasteiger partial charge in [0.15, 0.2) is 0 Å². The fourth-order valence-corrected chi connectivity index (χ4v) is 3.27. The smallest absolute Gasteiger partial charge is 0.106 e. The predicted molar refractivity (Wildman–Crippen MR) is 110 cm³/mol. The fraction of sp³-hybridized carbons (Fsp3) is 0.0833. The van der Waals surface area contributed by atoms with E-state index >= 15 is 0 Å². The molecule has 2 heteroatoms. The van der Waals surface area contributed by atoms with Gasteiger partial charge in [-0.3, -0.25) is 0 Å². The van der Waals surface area contributed by atoms with E-state index in [9.17, 15) is 0 Å². The molecule has 0 spiro atoms. The topological polar surface area (TPSA) is 19.0 Å². The highest BCUT2D eigenvalue weighted by atomic mass is 15.2. The van der Waals surface area contributed by atoms with Crippen LogP contribution >= 0.6 is 0 Å².